The smallest absolute Gasteiger partial charge is 0.407 e. The molecule has 1 amide bonds. The maximum absolute atomic E-state index is 11.2. The van der Waals surface area contributed by atoms with Gasteiger partial charge in [0.15, 0.2) is 17.5 Å². The van der Waals surface area contributed by atoms with E-state index in [4.69, 9.17) is 0 Å². The quantitative estimate of drug-likeness (QED) is 0.561. The van der Waals surface area contributed by atoms with Crippen molar-refractivity contribution < 1.29 is 9.90 Å². The number of nitrogens with one attached hydrogen (secondary N) is 3. The predicted molar refractivity (Wildman–Crippen MR) is 101 cm³/mol. The molecular formula is C18H19N7O2. The van der Waals surface area contributed by atoms with E-state index < -0.39 is 6.09 Å². The summed E-state index contributed by atoms with van der Waals surface area (Å²) in [6.07, 6.45) is 3.08. The average Bonchev–Trinajstić information content (AvgIpc) is 3.06. The van der Waals surface area contributed by atoms with Gasteiger partial charge in [-0.2, -0.15) is 5.10 Å². The van der Waals surface area contributed by atoms with Crippen LogP contribution in [0.4, 0.5) is 27.9 Å². The van der Waals surface area contributed by atoms with Crippen LogP contribution in [0, 0.1) is 6.92 Å². The maximum atomic E-state index is 11.2. The number of aromatic nitrogens is 4. The molecule has 9 heteroatoms. The van der Waals surface area contributed by atoms with Crippen molar-refractivity contribution in [2.75, 3.05) is 17.2 Å². The van der Waals surface area contributed by atoms with Crippen molar-refractivity contribution in [3.8, 4) is 0 Å². The summed E-state index contributed by atoms with van der Waals surface area (Å²) >= 11 is 0. The maximum Gasteiger partial charge on any atom is 0.407 e. The van der Waals surface area contributed by atoms with Gasteiger partial charge in [0.1, 0.15) is 0 Å². The number of carbonyl (C=O) groups is 1. The van der Waals surface area contributed by atoms with Crippen LogP contribution in [0.5, 0.6) is 0 Å². The van der Waals surface area contributed by atoms with E-state index in [2.05, 4.69) is 30.8 Å². The molecule has 0 saturated carbocycles. The molecule has 1 aliphatic heterocycles. The highest BCUT2D eigenvalue weighted by Gasteiger charge is 2.20. The third-order valence-electron chi connectivity index (χ3n) is 4.36. The van der Waals surface area contributed by atoms with E-state index in [0.717, 1.165) is 23.4 Å². The molecular weight excluding hydrogens is 346 g/mol. The summed E-state index contributed by atoms with van der Waals surface area (Å²) in [6.45, 7) is 2.84. The molecule has 0 fully saturated rings. The lowest BCUT2D eigenvalue weighted by Crippen LogP contribution is -2.34. The molecule has 3 aromatic rings. The Morgan fingerprint density at radius 2 is 1.96 bits per heavy atom. The fraction of sp³-hybridized carbons (Fsp3) is 0.222. The Kier molecular flexibility index (Phi) is 4.33. The van der Waals surface area contributed by atoms with Crippen LogP contribution in [-0.2, 0) is 13.0 Å². The van der Waals surface area contributed by atoms with Crippen LogP contribution < -0.4 is 10.6 Å². The number of rotatable bonds is 4. The predicted octanol–water partition coefficient (Wildman–Crippen LogP) is 3.03. The number of hydrogen-bond donors (Lipinski definition) is 4. The molecule has 0 unspecified atom stereocenters. The van der Waals surface area contributed by atoms with Crippen molar-refractivity contribution in [2.45, 2.75) is 19.9 Å². The minimum Gasteiger partial charge on any atom is -0.465 e. The molecule has 27 heavy (non-hydrogen) atoms. The van der Waals surface area contributed by atoms with E-state index in [9.17, 15) is 9.90 Å². The summed E-state index contributed by atoms with van der Waals surface area (Å²) in [5.74, 6) is 1.82. The van der Waals surface area contributed by atoms with Crippen molar-refractivity contribution >= 4 is 29.2 Å². The normalized spacial score (nSPS) is 13.1. The molecule has 0 aliphatic carbocycles. The molecule has 1 aliphatic rings. The number of anilines is 4. The van der Waals surface area contributed by atoms with Gasteiger partial charge in [-0.25, -0.2) is 9.78 Å². The first-order valence-corrected chi connectivity index (χ1v) is 8.54. The average molecular weight is 365 g/mol. The SMILES string of the molecule is Cc1cc(Nc2cncc(Nc3ccc4c(c3)CN(C(=O)O)CC4)n2)n[nH]1. The highest BCUT2D eigenvalue weighted by molar-refractivity contribution is 5.66. The second kappa shape index (κ2) is 6.94. The molecule has 138 valence electrons. The summed E-state index contributed by atoms with van der Waals surface area (Å²) in [5, 5.41) is 22.5. The van der Waals surface area contributed by atoms with Gasteiger partial charge in [0.05, 0.1) is 12.4 Å². The summed E-state index contributed by atoms with van der Waals surface area (Å²) in [5.41, 5.74) is 3.96. The fourth-order valence-corrected chi connectivity index (χ4v) is 3.05. The van der Waals surface area contributed by atoms with Crippen LogP contribution in [-0.4, -0.2) is 42.8 Å². The van der Waals surface area contributed by atoms with Gasteiger partial charge in [0.2, 0.25) is 0 Å². The minimum atomic E-state index is -0.891. The first-order valence-electron chi connectivity index (χ1n) is 8.54. The summed E-state index contributed by atoms with van der Waals surface area (Å²) in [7, 11) is 0. The Balaban J connectivity index is 1.50. The number of aromatic amines is 1. The van der Waals surface area contributed by atoms with Gasteiger partial charge in [0, 0.05) is 30.5 Å². The van der Waals surface area contributed by atoms with E-state index in [1.807, 2.05) is 31.2 Å². The Bertz CT molecular complexity index is 985. The summed E-state index contributed by atoms with van der Waals surface area (Å²) in [4.78, 5) is 21.3. The van der Waals surface area contributed by atoms with Crippen molar-refractivity contribution in [1.82, 2.24) is 25.1 Å². The highest BCUT2D eigenvalue weighted by Crippen LogP contribution is 2.25. The number of hydrogen-bond acceptors (Lipinski definition) is 6. The number of H-pyrrole nitrogens is 1. The number of benzene rings is 1. The number of nitrogens with zero attached hydrogens (tertiary/aromatic N) is 4. The van der Waals surface area contributed by atoms with Crippen LogP contribution in [0.3, 0.4) is 0 Å². The van der Waals surface area contributed by atoms with Gasteiger partial charge >= 0.3 is 6.09 Å². The van der Waals surface area contributed by atoms with Gasteiger partial charge in [-0.3, -0.25) is 10.1 Å². The second-order valence-corrected chi connectivity index (χ2v) is 6.41. The van der Waals surface area contributed by atoms with Gasteiger partial charge in [-0.15, -0.1) is 0 Å². The van der Waals surface area contributed by atoms with Crippen LogP contribution in [0.1, 0.15) is 16.8 Å². The molecule has 0 bridgehead atoms. The number of amides is 1. The zero-order valence-electron chi connectivity index (χ0n) is 14.7. The zero-order valence-corrected chi connectivity index (χ0v) is 14.7. The van der Waals surface area contributed by atoms with Crippen LogP contribution in [0.2, 0.25) is 0 Å². The van der Waals surface area contributed by atoms with Gasteiger partial charge in [-0.05, 0) is 36.6 Å². The van der Waals surface area contributed by atoms with Gasteiger partial charge in [-0.1, -0.05) is 6.07 Å². The molecule has 0 radical (unpaired) electrons. The van der Waals surface area contributed by atoms with E-state index >= 15 is 0 Å². The van der Waals surface area contributed by atoms with Crippen LogP contribution >= 0.6 is 0 Å². The lowest BCUT2D eigenvalue weighted by Gasteiger charge is -2.26. The van der Waals surface area contributed by atoms with Crippen molar-refractivity contribution in [3.63, 3.8) is 0 Å². The Morgan fingerprint density at radius 3 is 2.70 bits per heavy atom. The second-order valence-electron chi connectivity index (χ2n) is 6.41. The van der Waals surface area contributed by atoms with Crippen LogP contribution in [0.25, 0.3) is 0 Å². The third-order valence-corrected chi connectivity index (χ3v) is 4.36. The van der Waals surface area contributed by atoms with E-state index in [1.165, 1.54) is 10.5 Å². The molecule has 9 nitrogen and oxygen atoms in total. The van der Waals surface area contributed by atoms with Crippen molar-refractivity contribution in [3.05, 3.63) is 53.5 Å². The summed E-state index contributed by atoms with van der Waals surface area (Å²) in [6, 6.07) is 7.83. The minimum absolute atomic E-state index is 0.395. The summed E-state index contributed by atoms with van der Waals surface area (Å²) < 4.78 is 0. The van der Waals surface area contributed by atoms with Crippen LogP contribution in [0.15, 0.2) is 36.7 Å². The van der Waals surface area contributed by atoms with E-state index in [1.54, 1.807) is 12.4 Å². The monoisotopic (exact) mass is 365 g/mol. The topological polar surface area (TPSA) is 119 Å². The third kappa shape index (κ3) is 3.81. The molecule has 0 saturated heterocycles. The lowest BCUT2D eigenvalue weighted by atomic mass is 9.99. The molecule has 4 rings (SSSR count). The van der Waals surface area contributed by atoms with Gasteiger partial charge < -0.3 is 20.6 Å². The molecule has 0 spiro atoms. The first-order chi connectivity index (χ1) is 13.1. The zero-order chi connectivity index (χ0) is 18.8. The van der Waals surface area contributed by atoms with Crippen molar-refractivity contribution in [1.29, 1.82) is 0 Å². The molecule has 4 N–H and O–H groups in total. The number of aryl methyl sites for hydroxylation is 1. The van der Waals surface area contributed by atoms with E-state index in [0.29, 0.717) is 30.5 Å². The standard InChI is InChI=1S/C18H19N7O2/c1-11-6-15(24-23-11)21-17-9-19-8-16(22-17)20-14-3-2-12-4-5-25(18(26)27)10-13(12)7-14/h2-3,6-9H,4-5,10H2,1H3,(H,26,27)(H3,20,21,22,23,24). The fourth-order valence-electron chi connectivity index (χ4n) is 3.05. The first kappa shape index (κ1) is 16.8. The molecule has 0 atom stereocenters. The number of fused-ring (bicyclic) bond motifs is 1. The van der Waals surface area contributed by atoms with Crippen molar-refractivity contribution in [2.24, 2.45) is 0 Å². The van der Waals surface area contributed by atoms with E-state index in [-0.39, 0.29) is 0 Å². The number of carboxylic acid groups (broad SMARTS) is 1. The Morgan fingerprint density at radius 1 is 1.15 bits per heavy atom. The molecule has 2 aromatic heterocycles. The van der Waals surface area contributed by atoms with Gasteiger partial charge in [0.25, 0.3) is 0 Å². The Hall–Kier alpha value is -3.62. The molecule has 1 aromatic carbocycles. The Labute approximate surface area is 155 Å². The highest BCUT2D eigenvalue weighted by atomic mass is 16.4. The largest absolute Gasteiger partial charge is 0.465 e. The molecule has 3 heterocycles. The lowest BCUT2D eigenvalue weighted by molar-refractivity contribution is 0.140.